The largest absolute Gasteiger partial charge is 0.393 e. The van der Waals surface area contributed by atoms with Crippen molar-refractivity contribution in [3.63, 3.8) is 0 Å². The molecule has 1 aliphatic heterocycles. The van der Waals surface area contributed by atoms with Crippen LogP contribution in [0.25, 0.3) is 0 Å². The van der Waals surface area contributed by atoms with E-state index in [2.05, 4.69) is 22.5 Å². The van der Waals surface area contributed by atoms with Gasteiger partial charge in [-0.2, -0.15) is 0 Å². The third-order valence-electron chi connectivity index (χ3n) is 4.77. The maximum Gasteiger partial charge on any atom is 0.315 e. The molecule has 1 heterocycles. The minimum absolute atomic E-state index is 0.0380. The highest BCUT2D eigenvalue weighted by molar-refractivity contribution is 5.74. The zero-order valence-electron chi connectivity index (χ0n) is 13.3. The molecule has 2 fully saturated rings. The van der Waals surface area contributed by atoms with Gasteiger partial charge < -0.3 is 20.6 Å². The van der Waals surface area contributed by atoms with Gasteiger partial charge in [-0.15, -0.1) is 0 Å². The summed E-state index contributed by atoms with van der Waals surface area (Å²) in [5.74, 6) is 0.436. The Kier molecular flexibility index (Phi) is 6.77. The molecule has 5 nitrogen and oxygen atoms in total. The highest BCUT2D eigenvalue weighted by Gasteiger charge is 2.22. The van der Waals surface area contributed by atoms with E-state index in [-0.39, 0.29) is 12.1 Å². The van der Waals surface area contributed by atoms with E-state index in [0.717, 1.165) is 51.6 Å². The lowest BCUT2D eigenvalue weighted by Gasteiger charge is -2.32. The molecule has 0 aromatic rings. The van der Waals surface area contributed by atoms with Gasteiger partial charge in [-0.3, -0.25) is 0 Å². The Morgan fingerprint density at radius 2 is 2.00 bits per heavy atom. The van der Waals surface area contributed by atoms with Gasteiger partial charge in [0.05, 0.1) is 6.10 Å². The molecule has 2 rings (SSSR count). The Hall–Kier alpha value is -0.810. The Morgan fingerprint density at radius 1 is 1.24 bits per heavy atom. The predicted octanol–water partition coefficient (Wildman–Crippen LogP) is 1.71. The number of aliphatic hydroxyl groups is 1. The van der Waals surface area contributed by atoms with Crippen LogP contribution in [0.2, 0.25) is 0 Å². The van der Waals surface area contributed by atoms with E-state index in [1.54, 1.807) is 0 Å². The molecule has 2 aliphatic rings. The van der Waals surface area contributed by atoms with Gasteiger partial charge in [0.25, 0.3) is 0 Å². The number of carbonyl (C=O) groups is 1. The molecule has 2 unspecified atom stereocenters. The second kappa shape index (κ2) is 8.59. The molecule has 0 radical (unpaired) electrons. The van der Waals surface area contributed by atoms with E-state index < -0.39 is 0 Å². The van der Waals surface area contributed by atoms with Crippen LogP contribution in [-0.4, -0.2) is 54.4 Å². The first kappa shape index (κ1) is 16.6. The maximum atomic E-state index is 11.9. The molecular formula is C16H31N3O2. The van der Waals surface area contributed by atoms with Gasteiger partial charge >= 0.3 is 6.03 Å². The Balaban J connectivity index is 1.59. The average molecular weight is 297 g/mol. The van der Waals surface area contributed by atoms with Gasteiger partial charge in [-0.1, -0.05) is 13.3 Å². The van der Waals surface area contributed by atoms with E-state index in [9.17, 15) is 9.90 Å². The van der Waals surface area contributed by atoms with Crippen LogP contribution in [-0.2, 0) is 0 Å². The third kappa shape index (κ3) is 5.83. The second-order valence-electron chi connectivity index (χ2n) is 6.66. The van der Waals surface area contributed by atoms with Crippen molar-refractivity contribution < 1.29 is 9.90 Å². The molecule has 1 aliphatic carbocycles. The number of hydrogen-bond acceptors (Lipinski definition) is 3. The molecule has 0 spiro atoms. The molecule has 1 saturated carbocycles. The first-order valence-electron chi connectivity index (χ1n) is 8.62. The number of urea groups is 1. The number of rotatable bonds is 5. The van der Waals surface area contributed by atoms with Crippen molar-refractivity contribution in [2.24, 2.45) is 5.92 Å². The fourth-order valence-electron chi connectivity index (χ4n) is 3.54. The molecule has 5 heteroatoms. The normalized spacial score (nSPS) is 28.3. The lowest BCUT2D eigenvalue weighted by atomic mass is 9.87. The van der Waals surface area contributed by atoms with Crippen molar-refractivity contribution in [1.82, 2.24) is 15.5 Å². The highest BCUT2D eigenvalue weighted by atomic mass is 16.3. The van der Waals surface area contributed by atoms with Crippen molar-refractivity contribution in [2.75, 3.05) is 26.2 Å². The van der Waals surface area contributed by atoms with Crippen molar-refractivity contribution >= 4 is 6.03 Å². The zero-order chi connectivity index (χ0) is 15.1. The molecule has 2 atom stereocenters. The van der Waals surface area contributed by atoms with E-state index in [1.165, 1.54) is 13.0 Å². The Morgan fingerprint density at radius 3 is 2.67 bits per heavy atom. The Labute approximate surface area is 128 Å². The van der Waals surface area contributed by atoms with Gasteiger partial charge in [0, 0.05) is 25.7 Å². The summed E-state index contributed by atoms with van der Waals surface area (Å²) in [6.45, 7) is 6.25. The first-order valence-corrected chi connectivity index (χ1v) is 8.62. The monoisotopic (exact) mass is 297 g/mol. The number of hydrogen-bond donors (Lipinski definition) is 3. The van der Waals surface area contributed by atoms with Crippen molar-refractivity contribution in [3.05, 3.63) is 0 Å². The van der Waals surface area contributed by atoms with Gasteiger partial charge in [0.1, 0.15) is 0 Å². The van der Waals surface area contributed by atoms with E-state index in [4.69, 9.17) is 0 Å². The summed E-state index contributed by atoms with van der Waals surface area (Å²) < 4.78 is 0. The molecule has 21 heavy (non-hydrogen) atoms. The van der Waals surface area contributed by atoms with Gasteiger partial charge in [0.2, 0.25) is 0 Å². The summed E-state index contributed by atoms with van der Waals surface area (Å²) in [6.07, 6.45) is 7.07. The summed E-state index contributed by atoms with van der Waals surface area (Å²) in [6, 6.07) is 0.277. The van der Waals surface area contributed by atoms with Crippen molar-refractivity contribution in [1.29, 1.82) is 0 Å². The second-order valence-corrected chi connectivity index (χ2v) is 6.66. The molecular weight excluding hydrogens is 266 g/mol. The number of amides is 2. The number of likely N-dealkylation sites (tertiary alicyclic amines) is 1. The molecule has 3 N–H and O–H groups in total. The molecule has 0 aromatic heterocycles. The quantitative estimate of drug-likeness (QED) is 0.724. The minimum atomic E-state index is -0.170. The van der Waals surface area contributed by atoms with Crippen LogP contribution in [0, 0.1) is 5.92 Å². The van der Waals surface area contributed by atoms with Gasteiger partial charge in [0.15, 0.2) is 0 Å². The summed E-state index contributed by atoms with van der Waals surface area (Å²) in [5, 5.41) is 15.7. The molecule has 0 aromatic carbocycles. The third-order valence-corrected chi connectivity index (χ3v) is 4.77. The van der Waals surface area contributed by atoms with Crippen LogP contribution in [0.15, 0.2) is 0 Å². The lowest BCUT2D eigenvalue weighted by molar-refractivity contribution is 0.101. The molecule has 122 valence electrons. The van der Waals surface area contributed by atoms with Crippen LogP contribution in [0.3, 0.4) is 0 Å². The number of nitrogens with zero attached hydrogens (tertiary/aromatic N) is 1. The van der Waals surface area contributed by atoms with Gasteiger partial charge in [-0.05, 0) is 51.0 Å². The van der Waals surface area contributed by atoms with E-state index >= 15 is 0 Å². The van der Waals surface area contributed by atoms with Crippen LogP contribution < -0.4 is 10.6 Å². The minimum Gasteiger partial charge on any atom is -0.393 e. The van der Waals surface area contributed by atoms with Gasteiger partial charge in [-0.25, -0.2) is 4.79 Å². The highest BCUT2D eigenvalue weighted by Crippen LogP contribution is 2.23. The molecule has 2 amide bonds. The van der Waals surface area contributed by atoms with Crippen molar-refractivity contribution in [2.45, 2.75) is 64.0 Å². The van der Waals surface area contributed by atoms with Crippen LogP contribution in [0.5, 0.6) is 0 Å². The predicted molar refractivity (Wildman–Crippen MR) is 84.3 cm³/mol. The average Bonchev–Trinajstić information content (AvgIpc) is 2.48. The molecule has 0 bridgehead atoms. The summed E-state index contributed by atoms with van der Waals surface area (Å²) in [4.78, 5) is 14.4. The van der Waals surface area contributed by atoms with Crippen LogP contribution in [0.4, 0.5) is 4.79 Å². The SMILES string of the molecule is CCCN1CCC(NC(=O)NCC2CCCC(O)C2)CC1. The number of nitrogens with one attached hydrogen (secondary N) is 2. The zero-order valence-corrected chi connectivity index (χ0v) is 13.3. The first-order chi connectivity index (χ1) is 10.2. The van der Waals surface area contributed by atoms with Crippen LogP contribution >= 0.6 is 0 Å². The number of piperidine rings is 1. The topological polar surface area (TPSA) is 64.6 Å². The summed E-state index contributed by atoms with van der Waals surface area (Å²) >= 11 is 0. The fraction of sp³-hybridized carbons (Fsp3) is 0.938. The smallest absolute Gasteiger partial charge is 0.315 e. The molecule has 1 saturated heterocycles. The maximum absolute atomic E-state index is 11.9. The van der Waals surface area contributed by atoms with Crippen molar-refractivity contribution in [3.8, 4) is 0 Å². The van der Waals surface area contributed by atoms with Crippen LogP contribution in [0.1, 0.15) is 51.9 Å². The standard InChI is InChI=1S/C16H31N3O2/c1-2-8-19-9-6-14(7-10-19)18-16(21)17-12-13-4-3-5-15(20)11-13/h13-15,20H,2-12H2,1H3,(H2,17,18,21). The fourth-order valence-corrected chi connectivity index (χ4v) is 3.54. The number of aliphatic hydroxyl groups excluding tert-OH is 1. The van der Waals surface area contributed by atoms with E-state index in [1.807, 2.05) is 0 Å². The summed E-state index contributed by atoms with van der Waals surface area (Å²) in [5.41, 5.74) is 0. The van der Waals surface area contributed by atoms with E-state index in [0.29, 0.717) is 18.5 Å². The summed E-state index contributed by atoms with van der Waals surface area (Å²) in [7, 11) is 0. The lowest BCUT2D eigenvalue weighted by Crippen LogP contribution is -2.48. The number of carbonyl (C=O) groups excluding carboxylic acids is 1. The Bertz CT molecular complexity index is 317.